The molecule has 0 saturated heterocycles. The summed E-state index contributed by atoms with van der Waals surface area (Å²) in [5.41, 5.74) is 2.40. The van der Waals surface area contributed by atoms with Crippen LogP contribution in [-0.4, -0.2) is 21.9 Å². The number of thioether (sulfide) groups is 1. The number of pyridine rings is 1. The number of aliphatic imine (C=N–C) groups is 1. The fraction of sp³-hybridized carbons (Fsp3) is 0.294. The van der Waals surface area contributed by atoms with Crippen molar-refractivity contribution in [1.29, 1.82) is 0 Å². The highest BCUT2D eigenvalue weighted by atomic mass is 32.2. The Hall–Kier alpha value is -1.81. The normalized spacial score (nSPS) is 19.1. The maximum atomic E-state index is 4.79. The molecule has 2 unspecified atom stereocenters. The minimum absolute atomic E-state index is 0.188. The van der Waals surface area contributed by atoms with E-state index in [1.165, 1.54) is 5.56 Å². The molecule has 108 valence electrons. The number of nitrogens with zero attached hydrogens (tertiary/aromatic N) is 2. The Bertz CT molecular complexity index is 598. The largest absolute Gasteiger partial charge is 0.357 e. The predicted molar refractivity (Wildman–Crippen MR) is 89.6 cm³/mol. The Morgan fingerprint density at radius 1 is 1.19 bits per heavy atom. The van der Waals surface area contributed by atoms with Crippen molar-refractivity contribution in [2.75, 3.05) is 5.75 Å². The number of benzene rings is 1. The smallest absolute Gasteiger partial charge is 0.157 e. The number of rotatable bonds is 4. The van der Waals surface area contributed by atoms with Crippen molar-refractivity contribution in [3.05, 3.63) is 66.0 Å². The van der Waals surface area contributed by atoms with E-state index in [1.807, 2.05) is 24.4 Å². The van der Waals surface area contributed by atoms with Crippen molar-refractivity contribution in [3.8, 4) is 0 Å². The minimum Gasteiger partial charge on any atom is -0.357 e. The SMILES string of the molecule is CC(NC1=NC(Cc2ccccc2)CS1)c1ccccn1. The highest BCUT2D eigenvalue weighted by molar-refractivity contribution is 8.14. The molecule has 2 aromatic rings. The molecule has 0 fully saturated rings. The molecule has 1 N–H and O–H groups in total. The molecule has 0 radical (unpaired) electrons. The first kappa shape index (κ1) is 14.1. The molecule has 2 atom stereocenters. The molecule has 1 aromatic carbocycles. The molecule has 0 amide bonds. The fourth-order valence-electron chi connectivity index (χ4n) is 2.38. The summed E-state index contributed by atoms with van der Waals surface area (Å²) in [6, 6.07) is 17.1. The summed E-state index contributed by atoms with van der Waals surface area (Å²) in [5, 5.41) is 4.50. The lowest BCUT2D eigenvalue weighted by Gasteiger charge is -2.13. The molecule has 0 bridgehead atoms. The van der Waals surface area contributed by atoms with Gasteiger partial charge in [-0.15, -0.1) is 0 Å². The number of aromatic nitrogens is 1. The van der Waals surface area contributed by atoms with Crippen molar-refractivity contribution >= 4 is 16.9 Å². The second-order valence-corrected chi connectivity index (χ2v) is 6.22. The van der Waals surface area contributed by atoms with Gasteiger partial charge >= 0.3 is 0 Å². The van der Waals surface area contributed by atoms with Crippen LogP contribution in [0.25, 0.3) is 0 Å². The summed E-state index contributed by atoms with van der Waals surface area (Å²) >= 11 is 1.80. The van der Waals surface area contributed by atoms with Crippen LogP contribution in [0.15, 0.2) is 59.7 Å². The molecule has 1 aliphatic heterocycles. The molecule has 0 spiro atoms. The maximum absolute atomic E-state index is 4.79. The third-order valence-electron chi connectivity index (χ3n) is 3.50. The van der Waals surface area contributed by atoms with E-state index in [1.54, 1.807) is 11.8 Å². The topological polar surface area (TPSA) is 37.3 Å². The molecule has 0 aliphatic carbocycles. The van der Waals surface area contributed by atoms with E-state index in [9.17, 15) is 0 Å². The number of hydrogen-bond acceptors (Lipinski definition) is 4. The molecule has 3 rings (SSSR count). The van der Waals surface area contributed by atoms with E-state index in [2.05, 4.69) is 47.6 Å². The minimum atomic E-state index is 0.188. The average molecular weight is 297 g/mol. The standard InChI is InChI=1S/C17H19N3S/c1-13(16-9-5-6-10-18-16)19-17-20-15(12-21-17)11-14-7-3-2-4-8-14/h2-10,13,15H,11-12H2,1H3,(H,19,20). The average Bonchev–Trinajstić information content (AvgIpc) is 2.96. The molecule has 1 aromatic heterocycles. The third kappa shape index (κ3) is 3.85. The van der Waals surface area contributed by atoms with E-state index < -0.39 is 0 Å². The lowest BCUT2D eigenvalue weighted by Crippen LogP contribution is -2.23. The number of hydrogen-bond donors (Lipinski definition) is 1. The third-order valence-corrected chi connectivity index (χ3v) is 4.55. The lowest BCUT2D eigenvalue weighted by molar-refractivity contribution is 0.688. The first-order chi connectivity index (χ1) is 10.3. The summed E-state index contributed by atoms with van der Waals surface area (Å²) in [6.45, 7) is 2.12. The Kier molecular flexibility index (Phi) is 4.55. The number of nitrogens with one attached hydrogen (secondary N) is 1. The lowest BCUT2D eigenvalue weighted by atomic mass is 10.1. The van der Waals surface area contributed by atoms with Crippen LogP contribution in [0.1, 0.15) is 24.2 Å². The van der Waals surface area contributed by atoms with Crippen LogP contribution in [0.5, 0.6) is 0 Å². The van der Waals surface area contributed by atoms with Gasteiger partial charge in [0.05, 0.1) is 17.8 Å². The van der Waals surface area contributed by atoms with Gasteiger partial charge in [0.2, 0.25) is 0 Å². The van der Waals surface area contributed by atoms with Crippen LogP contribution in [0, 0.1) is 0 Å². The van der Waals surface area contributed by atoms with Gasteiger partial charge < -0.3 is 5.32 Å². The molecule has 1 aliphatic rings. The van der Waals surface area contributed by atoms with Crippen molar-refractivity contribution in [2.24, 2.45) is 4.99 Å². The first-order valence-corrected chi connectivity index (χ1v) is 8.22. The van der Waals surface area contributed by atoms with Gasteiger partial charge in [0, 0.05) is 11.9 Å². The molecular weight excluding hydrogens is 278 g/mol. The van der Waals surface area contributed by atoms with Crippen LogP contribution in [0.3, 0.4) is 0 Å². The zero-order valence-electron chi connectivity index (χ0n) is 12.1. The Morgan fingerprint density at radius 3 is 2.76 bits per heavy atom. The van der Waals surface area contributed by atoms with Gasteiger partial charge in [-0.1, -0.05) is 48.2 Å². The summed E-state index contributed by atoms with van der Waals surface area (Å²) in [5.74, 6) is 1.05. The van der Waals surface area contributed by atoms with Gasteiger partial charge in [-0.3, -0.25) is 9.98 Å². The van der Waals surface area contributed by atoms with Crippen LogP contribution in [-0.2, 0) is 6.42 Å². The van der Waals surface area contributed by atoms with Gasteiger partial charge in [-0.25, -0.2) is 0 Å². The molecular formula is C17H19N3S. The van der Waals surface area contributed by atoms with Crippen molar-refractivity contribution in [2.45, 2.75) is 25.4 Å². The monoisotopic (exact) mass is 297 g/mol. The molecule has 3 nitrogen and oxygen atoms in total. The second kappa shape index (κ2) is 6.76. The van der Waals surface area contributed by atoms with Crippen LogP contribution < -0.4 is 5.32 Å². The molecule has 21 heavy (non-hydrogen) atoms. The summed E-state index contributed by atoms with van der Waals surface area (Å²) in [7, 11) is 0. The molecule has 0 saturated carbocycles. The fourth-order valence-corrected chi connectivity index (χ4v) is 3.40. The molecule has 4 heteroatoms. The highest BCUT2D eigenvalue weighted by Gasteiger charge is 2.20. The second-order valence-electron chi connectivity index (χ2n) is 5.21. The summed E-state index contributed by atoms with van der Waals surface area (Å²) in [4.78, 5) is 9.17. The predicted octanol–water partition coefficient (Wildman–Crippen LogP) is 3.45. The Balaban J connectivity index is 1.59. The first-order valence-electron chi connectivity index (χ1n) is 7.23. The van der Waals surface area contributed by atoms with Crippen LogP contribution >= 0.6 is 11.8 Å². The summed E-state index contributed by atoms with van der Waals surface area (Å²) in [6.07, 6.45) is 2.84. The van der Waals surface area contributed by atoms with Crippen molar-refractivity contribution in [1.82, 2.24) is 10.3 Å². The van der Waals surface area contributed by atoms with E-state index in [-0.39, 0.29) is 6.04 Å². The van der Waals surface area contributed by atoms with Gasteiger partial charge in [0.15, 0.2) is 5.17 Å². The zero-order valence-corrected chi connectivity index (χ0v) is 12.9. The number of amidine groups is 1. The van der Waals surface area contributed by atoms with E-state index in [4.69, 9.17) is 4.99 Å². The van der Waals surface area contributed by atoms with E-state index in [0.717, 1.165) is 23.0 Å². The van der Waals surface area contributed by atoms with Crippen LogP contribution in [0.4, 0.5) is 0 Å². The van der Waals surface area contributed by atoms with Crippen molar-refractivity contribution < 1.29 is 0 Å². The van der Waals surface area contributed by atoms with Gasteiger partial charge in [0.25, 0.3) is 0 Å². The Morgan fingerprint density at radius 2 is 2.00 bits per heavy atom. The van der Waals surface area contributed by atoms with Crippen molar-refractivity contribution in [3.63, 3.8) is 0 Å². The van der Waals surface area contributed by atoms with Crippen LogP contribution in [0.2, 0.25) is 0 Å². The van der Waals surface area contributed by atoms with E-state index >= 15 is 0 Å². The van der Waals surface area contributed by atoms with Gasteiger partial charge in [-0.2, -0.15) is 0 Å². The highest BCUT2D eigenvalue weighted by Crippen LogP contribution is 2.22. The zero-order chi connectivity index (χ0) is 14.5. The quantitative estimate of drug-likeness (QED) is 0.939. The van der Waals surface area contributed by atoms with E-state index in [0.29, 0.717) is 6.04 Å². The Labute approximate surface area is 129 Å². The van der Waals surface area contributed by atoms with Gasteiger partial charge in [0.1, 0.15) is 0 Å². The van der Waals surface area contributed by atoms with Gasteiger partial charge in [-0.05, 0) is 31.0 Å². The molecule has 2 heterocycles. The maximum Gasteiger partial charge on any atom is 0.157 e. The summed E-state index contributed by atoms with van der Waals surface area (Å²) < 4.78 is 0.